The van der Waals surface area contributed by atoms with Crippen LogP contribution in [-0.4, -0.2) is 9.55 Å². The summed E-state index contributed by atoms with van der Waals surface area (Å²) < 4.78 is 3.60. The second-order valence-corrected chi connectivity index (χ2v) is 6.90. The summed E-state index contributed by atoms with van der Waals surface area (Å²) in [5, 5.41) is 2.65. The van der Waals surface area contributed by atoms with Crippen LogP contribution in [0, 0.1) is 0 Å². The maximum atomic E-state index is 12.4. The standard InChI is InChI=1S/C13H8Br2N2OS/c14-8-1-2-11-12(4-8)16-7-17(13(11)18)5-10-3-9(15)6-19-10/h1-4,6-7H,5H2. The fraction of sp³-hybridized carbons (Fsp3) is 0.0769. The highest BCUT2D eigenvalue weighted by molar-refractivity contribution is 9.10. The Kier molecular flexibility index (Phi) is 3.56. The number of rotatable bonds is 2. The minimum Gasteiger partial charge on any atom is -0.293 e. The van der Waals surface area contributed by atoms with E-state index in [2.05, 4.69) is 36.8 Å². The Morgan fingerprint density at radius 1 is 1.21 bits per heavy atom. The molecule has 96 valence electrons. The lowest BCUT2D eigenvalue weighted by Crippen LogP contribution is -2.20. The van der Waals surface area contributed by atoms with Gasteiger partial charge in [-0.25, -0.2) is 4.98 Å². The van der Waals surface area contributed by atoms with Crippen molar-refractivity contribution in [2.24, 2.45) is 0 Å². The maximum absolute atomic E-state index is 12.4. The van der Waals surface area contributed by atoms with Crippen LogP contribution in [0.3, 0.4) is 0 Å². The molecule has 6 heteroatoms. The molecule has 0 aliphatic carbocycles. The first-order valence-corrected chi connectivity index (χ1v) is 7.98. The molecule has 0 N–H and O–H groups in total. The SMILES string of the molecule is O=c1c2ccc(Br)cc2ncn1Cc1cc(Br)cs1. The van der Waals surface area contributed by atoms with E-state index in [0.717, 1.165) is 13.8 Å². The summed E-state index contributed by atoms with van der Waals surface area (Å²) in [6.07, 6.45) is 1.60. The molecule has 0 radical (unpaired) electrons. The van der Waals surface area contributed by atoms with E-state index in [9.17, 15) is 4.79 Å². The van der Waals surface area contributed by atoms with E-state index in [4.69, 9.17) is 0 Å². The van der Waals surface area contributed by atoms with Crippen molar-refractivity contribution in [1.82, 2.24) is 9.55 Å². The highest BCUT2D eigenvalue weighted by Crippen LogP contribution is 2.20. The van der Waals surface area contributed by atoms with E-state index in [-0.39, 0.29) is 5.56 Å². The van der Waals surface area contributed by atoms with Gasteiger partial charge < -0.3 is 0 Å². The van der Waals surface area contributed by atoms with Crippen LogP contribution in [0.2, 0.25) is 0 Å². The molecule has 0 unspecified atom stereocenters. The molecule has 0 amide bonds. The molecule has 0 spiro atoms. The van der Waals surface area contributed by atoms with E-state index in [1.807, 2.05) is 23.6 Å². The predicted octanol–water partition coefficient (Wildman–Crippen LogP) is 4.03. The van der Waals surface area contributed by atoms with Gasteiger partial charge in [-0.3, -0.25) is 9.36 Å². The van der Waals surface area contributed by atoms with Gasteiger partial charge in [-0.05, 0) is 40.2 Å². The molecule has 0 atom stereocenters. The second kappa shape index (κ2) is 5.19. The molecular formula is C13H8Br2N2OS. The molecule has 0 bridgehead atoms. The van der Waals surface area contributed by atoms with Gasteiger partial charge in [0.25, 0.3) is 5.56 Å². The van der Waals surface area contributed by atoms with E-state index in [0.29, 0.717) is 17.4 Å². The van der Waals surface area contributed by atoms with Crippen molar-refractivity contribution in [3.05, 3.63) is 60.1 Å². The Bertz CT molecular complexity index is 810. The zero-order chi connectivity index (χ0) is 13.4. The van der Waals surface area contributed by atoms with Crippen LogP contribution in [-0.2, 0) is 6.54 Å². The van der Waals surface area contributed by atoms with Gasteiger partial charge in [0.15, 0.2) is 0 Å². The molecule has 0 aliphatic rings. The summed E-state index contributed by atoms with van der Waals surface area (Å²) in [6.45, 7) is 0.550. The topological polar surface area (TPSA) is 34.9 Å². The maximum Gasteiger partial charge on any atom is 0.261 e. The van der Waals surface area contributed by atoms with E-state index >= 15 is 0 Å². The van der Waals surface area contributed by atoms with Crippen molar-refractivity contribution in [1.29, 1.82) is 0 Å². The molecule has 2 heterocycles. The highest BCUT2D eigenvalue weighted by atomic mass is 79.9. The van der Waals surface area contributed by atoms with Crippen LogP contribution in [0.25, 0.3) is 10.9 Å². The molecule has 0 saturated heterocycles. The van der Waals surface area contributed by atoms with Crippen molar-refractivity contribution >= 4 is 54.1 Å². The zero-order valence-electron chi connectivity index (χ0n) is 9.64. The average Bonchev–Trinajstić information content (AvgIpc) is 2.78. The lowest BCUT2D eigenvalue weighted by atomic mass is 10.2. The molecule has 0 saturated carbocycles. The quantitative estimate of drug-likeness (QED) is 0.651. The summed E-state index contributed by atoms with van der Waals surface area (Å²) in [6, 6.07) is 7.53. The zero-order valence-corrected chi connectivity index (χ0v) is 13.6. The summed E-state index contributed by atoms with van der Waals surface area (Å²) in [7, 11) is 0. The summed E-state index contributed by atoms with van der Waals surface area (Å²) in [5.41, 5.74) is 0.699. The molecule has 3 aromatic rings. The van der Waals surface area contributed by atoms with Gasteiger partial charge in [-0.15, -0.1) is 11.3 Å². The van der Waals surface area contributed by atoms with Crippen LogP contribution in [0.5, 0.6) is 0 Å². The van der Waals surface area contributed by atoms with Gasteiger partial charge >= 0.3 is 0 Å². The molecule has 1 aromatic carbocycles. The largest absolute Gasteiger partial charge is 0.293 e. The average molecular weight is 400 g/mol. The lowest BCUT2D eigenvalue weighted by molar-refractivity contribution is 0.758. The third kappa shape index (κ3) is 2.66. The Morgan fingerprint density at radius 3 is 2.79 bits per heavy atom. The van der Waals surface area contributed by atoms with Gasteiger partial charge in [0.05, 0.1) is 23.8 Å². The fourth-order valence-electron chi connectivity index (χ4n) is 1.85. The monoisotopic (exact) mass is 398 g/mol. The molecule has 0 fully saturated rings. The molecular weight excluding hydrogens is 392 g/mol. The minimum atomic E-state index is -0.0120. The Morgan fingerprint density at radius 2 is 2.05 bits per heavy atom. The predicted molar refractivity (Wildman–Crippen MR) is 84.8 cm³/mol. The lowest BCUT2D eigenvalue weighted by Gasteiger charge is -2.05. The number of benzene rings is 1. The van der Waals surface area contributed by atoms with Crippen molar-refractivity contribution in [2.45, 2.75) is 6.54 Å². The van der Waals surface area contributed by atoms with Crippen molar-refractivity contribution in [2.75, 3.05) is 0 Å². The molecule has 3 nitrogen and oxygen atoms in total. The Hall–Kier alpha value is -0.980. The van der Waals surface area contributed by atoms with Crippen LogP contribution in [0.15, 0.2) is 49.7 Å². The molecule has 3 rings (SSSR count). The van der Waals surface area contributed by atoms with Crippen LogP contribution >= 0.6 is 43.2 Å². The Balaban J connectivity index is 2.08. The first-order chi connectivity index (χ1) is 9.13. The number of aromatic nitrogens is 2. The number of fused-ring (bicyclic) bond motifs is 1. The number of hydrogen-bond donors (Lipinski definition) is 0. The minimum absolute atomic E-state index is 0.0120. The summed E-state index contributed by atoms with van der Waals surface area (Å²) >= 11 is 8.41. The first kappa shape index (κ1) is 13.0. The third-order valence-corrected chi connectivity index (χ3v) is 4.91. The van der Waals surface area contributed by atoms with Crippen molar-refractivity contribution < 1.29 is 0 Å². The number of thiophene rings is 1. The highest BCUT2D eigenvalue weighted by Gasteiger charge is 2.06. The van der Waals surface area contributed by atoms with Crippen LogP contribution in [0.4, 0.5) is 0 Å². The van der Waals surface area contributed by atoms with E-state index < -0.39 is 0 Å². The smallest absolute Gasteiger partial charge is 0.261 e. The number of halogens is 2. The molecule has 0 aliphatic heterocycles. The van der Waals surface area contributed by atoms with E-state index in [1.54, 1.807) is 28.3 Å². The van der Waals surface area contributed by atoms with Crippen molar-refractivity contribution in [3.8, 4) is 0 Å². The molecule has 19 heavy (non-hydrogen) atoms. The van der Waals surface area contributed by atoms with Gasteiger partial charge in [0, 0.05) is 19.2 Å². The first-order valence-electron chi connectivity index (χ1n) is 5.51. The fourth-order valence-corrected chi connectivity index (χ4v) is 3.65. The second-order valence-electron chi connectivity index (χ2n) is 4.07. The van der Waals surface area contributed by atoms with Gasteiger partial charge in [-0.1, -0.05) is 15.9 Å². The Labute approximate surface area is 130 Å². The van der Waals surface area contributed by atoms with Crippen LogP contribution < -0.4 is 5.56 Å². The normalized spacial score (nSPS) is 11.1. The van der Waals surface area contributed by atoms with Gasteiger partial charge in [-0.2, -0.15) is 0 Å². The van der Waals surface area contributed by atoms with Gasteiger partial charge in [0.1, 0.15) is 0 Å². The van der Waals surface area contributed by atoms with Crippen molar-refractivity contribution in [3.63, 3.8) is 0 Å². The molecule has 2 aromatic heterocycles. The van der Waals surface area contributed by atoms with E-state index in [1.165, 1.54) is 0 Å². The summed E-state index contributed by atoms with van der Waals surface area (Å²) in [5.74, 6) is 0. The number of nitrogens with zero attached hydrogens (tertiary/aromatic N) is 2. The summed E-state index contributed by atoms with van der Waals surface area (Å²) in [4.78, 5) is 17.8. The third-order valence-electron chi connectivity index (χ3n) is 2.74. The number of hydrogen-bond acceptors (Lipinski definition) is 3. The van der Waals surface area contributed by atoms with Crippen LogP contribution in [0.1, 0.15) is 4.88 Å². The van der Waals surface area contributed by atoms with Gasteiger partial charge in [0.2, 0.25) is 0 Å².